The van der Waals surface area contributed by atoms with E-state index in [-0.39, 0.29) is 5.91 Å². The number of hydrogen-bond acceptors (Lipinski definition) is 3. The number of rotatable bonds is 4. The number of benzodiazepines with no additional fused rings is 1. The number of anilines is 1. The first-order chi connectivity index (χ1) is 15.0. The number of hydrogen-bond donors (Lipinski definition) is 1. The van der Waals surface area contributed by atoms with Gasteiger partial charge in [-0.25, -0.2) is 4.99 Å². The molecule has 1 atom stereocenters. The van der Waals surface area contributed by atoms with Crippen LogP contribution in [0.4, 0.5) is 5.69 Å². The van der Waals surface area contributed by atoms with E-state index in [2.05, 4.69) is 26.2 Å². The van der Waals surface area contributed by atoms with Crippen LogP contribution in [0, 0.1) is 0 Å². The molecule has 3 aromatic rings. The molecule has 0 aliphatic carbocycles. The quantitative estimate of drug-likeness (QED) is 0.570. The first kappa shape index (κ1) is 20.8. The summed E-state index contributed by atoms with van der Waals surface area (Å²) in [6.45, 7) is 0. The highest BCUT2D eigenvalue weighted by atomic mass is 79.9. The second kappa shape index (κ2) is 9.10. The number of aliphatic imine (C=N–C) groups is 1. The third-order valence-corrected chi connectivity index (χ3v) is 5.71. The van der Waals surface area contributed by atoms with Gasteiger partial charge in [0, 0.05) is 28.7 Å². The first-order valence-electron chi connectivity index (χ1n) is 9.78. The molecule has 0 saturated heterocycles. The molecule has 6 heteroatoms. The summed E-state index contributed by atoms with van der Waals surface area (Å²) in [5, 5.41) is 2.74. The van der Waals surface area contributed by atoms with E-state index < -0.39 is 12.1 Å². The zero-order valence-electron chi connectivity index (χ0n) is 16.8. The van der Waals surface area contributed by atoms with Crippen LogP contribution in [0.3, 0.4) is 0 Å². The van der Waals surface area contributed by atoms with Crippen molar-refractivity contribution in [3.8, 4) is 0 Å². The maximum atomic E-state index is 13.1. The molecule has 2 amide bonds. The van der Waals surface area contributed by atoms with Crippen LogP contribution in [0.5, 0.6) is 0 Å². The Hall–Kier alpha value is -3.51. The molecule has 0 saturated carbocycles. The molecular weight excluding hydrogens is 454 g/mol. The van der Waals surface area contributed by atoms with Crippen molar-refractivity contribution >= 4 is 45.2 Å². The highest BCUT2D eigenvalue weighted by Crippen LogP contribution is 2.27. The molecule has 0 fully saturated rings. The lowest BCUT2D eigenvalue weighted by Gasteiger charge is -2.20. The Bertz CT molecular complexity index is 1190. The van der Waals surface area contributed by atoms with Crippen molar-refractivity contribution in [2.24, 2.45) is 4.99 Å². The van der Waals surface area contributed by atoms with Crippen molar-refractivity contribution in [1.82, 2.24) is 5.32 Å². The van der Waals surface area contributed by atoms with E-state index in [1.54, 1.807) is 13.1 Å². The summed E-state index contributed by atoms with van der Waals surface area (Å²) < 4.78 is 0.879. The van der Waals surface area contributed by atoms with Gasteiger partial charge in [0.1, 0.15) is 0 Å². The van der Waals surface area contributed by atoms with Gasteiger partial charge in [0.25, 0.3) is 5.91 Å². The van der Waals surface area contributed by atoms with E-state index in [4.69, 9.17) is 0 Å². The number of carbonyl (C=O) groups is 2. The van der Waals surface area contributed by atoms with Gasteiger partial charge < -0.3 is 10.2 Å². The van der Waals surface area contributed by atoms with Gasteiger partial charge in [-0.2, -0.15) is 0 Å². The number of amides is 2. The van der Waals surface area contributed by atoms with Crippen LogP contribution >= 0.6 is 15.9 Å². The van der Waals surface area contributed by atoms with Gasteiger partial charge in [-0.05, 0) is 23.8 Å². The maximum absolute atomic E-state index is 13.1. The van der Waals surface area contributed by atoms with Crippen LogP contribution in [-0.2, 0) is 9.59 Å². The topological polar surface area (TPSA) is 61.8 Å². The minimum Gasteiger partial charge on any atom is -0.323 e. The lowest BCUT2D eigenvalue weighted by molar-refractivity contribution is -0.124. The third kappa shape index (κ3) is 4.49. The molecular formula is C25H20BrN3O2. The maximum Gasteiger partial charge on any atom is 0.272 e. The largest absolute Gasteiger partial charge is 0.323 e. The van der Waals surface area contributed by atoms with E-state index in [1.807, 2.05) is 78.9 Å². The van der Waals surface area contributed by atoms with Crippen molar-refractivity contribution in [3.63, 3.8) is 0 Å². The predicted octanol–water partition coefficient (Wildman–Crippen LogP) is 4.42. The second-order valence-electron chi connectivity index (χ2n) is 7.02. The number of carbonyl (C=O) groups excluding carboxylic acids is 2. The molecule has 5 nitrogen and oxygen atoms in total. The molecule has 1 aliphatic heterocycles. The van der Waals surface area contributed by atoms with Crippen LogP contribution in [-0.4, -0.2) is 30.7 Å². The molecule has 154 valence electrons. The molecule has 0 aromatic heterocycles. The third-order valence-electron chi connectivity index (χ3n) is 4.99. The molecule has 0 spiro atoms. The summed E-state index contributed by atoms with van der Waals surface area (Å²) in [5.41, 5.74) is 3.98. The first-order valence-corrected chi connectivity index (χ1v) is 10.6. The lowest BCUT2D eigenvalue weighted by Crippen LogP contribution is -2.45. The fourth-order valence-corrected chi connectivity index (χ4v) is 3.82. The summed E-state index contributed by atoms with van der Waals surface area (Å²) in [4.78, 5) is 32.0. The van der Waals surface area contributed by atoms with Crippen molar-refractivity contribution in [1.29, 1.82) is 0 Å². The Morgan fingerprint density at radius 3 is 2.45 bits per heavy atom. The molecule has 3 aromatic carbocycles. The van der Waals surface area contributed by atoms with Gasteiger partial charge in [0.2, 0.25) is 12.1 Å². The number of nitrogens with zero attached hydrogens (tertiary/aromatic N) is 2. The summed E-state index contributed by atoms with van der Waals surface area (Å²) in [6, 6.07) is 24.8. The van der Waals surface area contributed by atoms with E-state index >= 15 is 0 Å². The van der Waals surface area contributed by atoms with Crippen LogP contribution in [0.2, 0.25) is 0 Å². The standard InChI is InChI=1S/C25H20BrN3O2/c1-29-21-14-8-6-12-19(21)23(18-10-3-2-4-11-18)28-24(25(29)31)27-22(30)16-15-17-9-5-7-13-20(17)26/h2-16,24H,1H3,(H,27,30)/b16-15+/t24-/m1/s1. The Balaban J connectivity index is 1.68. The molecule has 1 aliphatic rings. The molecule has 4 rings (SSSR count). The molecule has 1 N–H and O–H groups in total. The Morgan fingerprint density at radius 1 is 1.00 bits per heavy atom. The number of benzene rings is 3. The Labute approximate surface area is 189 Å². The van der Waals surface area contributed by atoms with E-state index in [9.17, 15) is 9.59 Å². The number of nitrogens with one attached hydrogen (secondary N) is 1. The summed E-state index contributed by atoms with van der Waals surface area (Å²) >= 11 is 3.46. The van der Waals surface area contributed by atoms with Gasteiger partial charge in [-0.15, -0.1) is 0 Å². The summed E-state index contributed by atoms with van der Waals surface area (Å²) in [6.07, 6.45) is 2.06. The average Bonchev–Trinajstić information content (AvgIpc) is 2.90. The fourth-order valence-electron chi connectivity index (χ4n) is 3.40. The highest BCUT2D eigenvalue weighted by molar-refractivity contribution is 9.10. The number of fused-ring (bicyclic) bond motifs is 1. The van der Waals surface area contributed by atoms with Crippen LogP contribution in [0.1, 0.15) is 16.7 Å². The van der Waals surface area contributed by atoms with Crippen LogP contribution < -0.4 is 10.2 Å². The number of likely N-dealkylation sites (N-methyl/N-ethyl adjacent to an activating group) is 1. The Morgan fingerprint density at radius 2 is 1.68 bits per heavy atom. The minimum absolute atomic E-state index is 0.305. The van der Waals surface area contributed by atoms with E-state index in [0.29, 0.717) is 5.71 Å². The SMILES string of the molecule is CN1C(=O)[C@H](NC(=O)/C=C/c2ccccc2Br)N=C(c2ccccc2)c2ccccc21. The highest BCUT2D eigenvalue weighted by Gasteiger charge is 2.30. The number of halogens is 1. The van der Waals surface area contributed by atoms with Gasteiger partial charge >= 0.3 is 0 Å². The zero-order valence-corrected chi connectivity index (χ0v) is 18.4. The monoisotopic (exact) mass is 473 g/mol. The van der Waals surface area contributed by atoms with Crippen molar-refractivity contribution in [3.05, 3.63) is 106 Å². The van der Waals surface area contributed by atoms with Crippen molar-refractivity contribution < 1.29 is 9.59 Å². The molecule has 0 unspecified atom stereocenters. The molecule has 0 radical (unpaired) electrons. The summed E-state index contributed by atoms with van der Waals surface area (Å²) in [7, 11) is 1.70. The smallest absolute Gasteiger partial charge is 0.272 e. The van der Waals surface area contributed by atoms with Crippen molar-refractivity contribution in [2.45, 2.75) is 6.17 Å². The van der Waals surface area contributed by atoms with Gasteiger partial charge in [-0.1, -0.05) is 82.7 Å². The van der Waals surface area contributed by atoms with Gasteiger partial charge in [0.05, 0.1) is 11.4 Å². The van der Waals surface area contributed by atoms with Gasteiger partial charge in [-0.3, -0.25) is 9.59 Å². The fraction of sp³-hybridized carbons (Fsp3) is 0.0800. The zero-order chi connectivity index (χ0) is 21.8. The van der Waals surface area contributed by atoms with Crippen molar-refractivity contribution in [2.75, 3.05) is 11.9 Å². The second-order valence-corrected chi connectivity index (χ2v) is 7.88. The van der Waals surface area contributed by atoms with E-state index in [0.717, 1.165) is 26.9 Å². The normalized spacial score (nSPS) is 15.9. The predicted molar refractivity (Wildman–Crippen MR) is 127 cm³/mol. The molecule has 1 heterocycles. The number of para-hydroxylation sites is 1. The van der Waals surface area contributed by atoms with Crippen LogP contribution in [0.25, 0.3) is 6.08 Å². The minimum atomic E-state index is -1.04. The average molecular weight is 474 g/mol. The molecule has 31 heavy (non-hydrogen) atoms. The summed E-state index contributed by atoms with van der Waals surface area (Å²) in [5.74, 6) is -0.703. The Kier molecular flexibility index (Phi) is 6.09. The van der Waals surface area contributed by atoms with Crippen LogP contribution in [0.15, 0.2) is 94.4 Å². The van der Waals surface area contributed by atoms with E-state index in [1.165, 1.54) is 11.0 Å². The lowest BCUT2D eigenvalue weighted by atomic mass is 10.0. The molecule has 0 bridgehead atoms. The van der Waals surface area contributed by atoms with Gasteiger partial charge in [0.15, 0.2) is 0 Å².